The molecule has 0 radical (unpaired) electrons. The van der Waals surface area contributed by atoms with Gasteiger partial charge in [0, 0.05) is 11.8 Å². The molecule has 0 aromatic heterocycles. The average molecular weight is 473 g/mol. The van der Waals surface area contributed by atoms with Crippen LogP contribution >= 0.6 is 0 Å². The topological polar surface area (TPSA) is 70.1 Å². The molecular formula is C30H48O4. The Morgan fingerprint density at radius 3 is 2.26 bits per heavy atom. The molecule has 4 saturated carbocycles. The van der Waals surface area contributed by atoms with Crippen LogP contribution in [0.15, 0.2) is 11.6 Å². The van der Waals surface area contributed by atoms with E-state index in [4.69, 9.17) is 4.74 Å². The number of carbonyl (C=O) groups is 1. The fourth-order valence-electron chi connectivity index (χ4n) is 10.4. The molecular weight excluding hydrogens is 424 g/mol. The number of aliphatic hydroxyl groups is 2. The monoisotopic (exact) mass is 472 g/mol. The van der Waals surface area contributed by atoms with Gasteiger partial charge in [0.2, 0.25) is 0 Å². The van der Waals surface area contributed by atoms with Gasteiger partial charge in [-0.3, -0.25) is 4.79 Å². The van der Waals surface area contributed by atoms with Gasteiger partial charge in [0.1, 0.15) is 18.0 Å². The number of ether oxygens (including phenoxy) is 1. The molecule has 5 fully saturated rings. The highest BCUT2D eigenvalue weighted by atomic mass is 16.6. The molecule has 5 rings (SSSR count). The van der Waals surface area contributed by atoms with E-state index in [0.717, 1.165) is 32.1 Å². The summed E-state index contributed by atoms with van der Waals surface area (Å²) >= 11 is 0. The molecule has 192 valence electrons. The zero-order chi connectivity index (χ0) is 25.1. The minimum Gasteiger partial charge on any atom is -0.393 e. The highest BCUT2D eigenvalue weighted by Gasteiger charge is 2.70. The number of carbonyl (C=O) groups excluding carboxylic acids is 1. The SMILES string of the molecule is C/C(=C\[C@H](O)[C@H]1OC1(C)C)[C@H]1CC[C@]2(C)[C@@H]1C[C@@H](O)[C@@H]1[C@@]3(C)CCC(=O)C(C)(C)[C@@H]3CC[C@]12C. The third-order valence-electron chi connectivity index (χ3n) is 12.5. The van der Waals surface area contributed by atoms with E-state index < -0.39 is 6.10 Å². The maximum absolute atomic E-state index is 12.9. The standard InChI is InChI=1S/C30H48O4/c1-17(15-21(32)25-27(4,5)34-25)18-9-13-29(7)19(18)16-20(31)24-28(6)12-11-23(33)26(2,3)22(28)10-14-30(24,29)8/h15,18-22,24-25,31-32H,9-14,16H2,1-8H3/b17-15+/t18-,19-,20-,21+,22+,24-,25-,28+,29-,30-/m1/s1. The molecule has 4 heteroatoms. The Morgan fingerprint density at radius 1 is 1.03 bits per heavy atom. The number of hydrogen-bond donors (Lipinski definition) is 2. The van der Waals surface area contributed by atoms with E-state index in [1.807, 2.05) is 19.9 Å². The highest BCUT2D eigenvalue weighted by Crippen LogP contribution is 2.75. The lowest BCUT2D eigenvalue weighted by Gasteiger charge is -2.70. The van der Waals surface area contributed by atoms with Crippen LogP contribution in [0.4, 0.5) is 0 Å². The minimum absolute atomic E-state index is 0.00582. The van der Waals surface area contributed by atoms with Gasteiger partial charge >= 0.3 is 0 Å². The molecule has 34 heavy (non-hydrogen) atoms. The summed E-state index contributed by atoms with van der Waals surface area (Å²) in [6, 6.07) is 0. The normalized spacial score (nSPS) is 52.4. The minimum atomic E-state index is -0.560. The summed E-state index contributed by atoms with van der Waals surface area (Å²) in [6.07, 6.45) is 7.95. The first-order valence-electron chi connectivity index (χ1n) is 13.9. The fourth-order valence-corrected chi connectivity index (χ4v) is 10.4. The van der Waals surface area contributed by atoms with Gasteiger partial charge in [0.25, 0.3) is 0 Å². The van der Waals surface area contributed by atoms with Gasteiger partial charge in [-0.25, -0.2) is 0 Å². The lowest BCUT2D eigenvalue weighted by atomic mass is 9.35. The first-order chi connectivity index (χ1) is 15.6. The van der Waals surface area contributed by atoms with Gasteiger partial charge in [-0.1, -0.05) is 46.3 Å². The molecule has 10 atom stereocenters. The molecule has 0 spiro atoms. The Bertz CT molecular complexity index is 903. The van der Waals surface area contributed by atoms with E-state index >= 15 is 0 Å². The molecule has 4 aliphatic carbocycles. The summed E-state index contributed by atoms with van der Waals surface area (Å²) in [5, 5.41) is 22.6. The van der Waals surface area contributed by atoms with Crippen molar-refractivity contribution in [3.8, 4) is 0 Å². The number of hydrogen-bond acceptors (Lipinski definition) is 4. The van der Waals surface area contributed by atoms with Crippen LogP contribution in [0.3, 0.4) is 0 Å². The van der Waals surface area contributed by atoms with Crippen molar-refractivity contribution >= 4 is 5.78 Å². The van der Waals surface area contributed by atoms with Crippen LogP contribution in [-0.2, 0) is 9.53 Å². The quantitative estimate of drug-likeness (QED) is 0.409. The molecule has 0 unspecified atom stereocenters. The number of allylic oxidation sites excluding steroid dienone is 1. The highest BCUT2D eigenvalue weighted by molar-refractivity contribution is 5.85. The lowest BCUT2D eigenvalue weighted by molar-refractivity contribution is -0.236. The largest absolute Gasteiger partial charge is 0.393 e. The van der Waals surface area contributed by atoms with Crippen LogP contribution in [0.1, 0.15) is 100 Å². The van der Waals surface area contributed by atoms with Crippen molar-refractivity contribution in [1.29, 1.82) is 0 Å². The number of Topliss-reactive ketones (excluding diaryl/α,β-unsaturated/α-hetero) is 1. The van der Waals surface area contributed by atoms with Crippen molar-refractivity contribution in [2.24, 2.45) is 45.3 Å². The molecule has 1 saturated heterocycles. The maximum atomic E-state index is 12.9. The van der Waals surface area contributed by atoms with Crippen LogP contribution in [0.5, 0.6) is 0 Å². The Labute approximate surface area is 206 Å². The molecule has 0 amide bonds. The van der Waals surface area contributed by atoms with Gasteiger partial charge < -0.3 is 14.9 Å². The molecule has 0 aromatic carbocycles. The van der Waals surface area contributed by atoms with Crippen molar-refractivity contribution in [2.75, 3.05) is 0 Å². The number of aliphatic hydroxyl groups excluding tert-OH is 2. The second-order valence-corrected chi connectivity index (χ2v) is 14.7. The fraction of sp³-hybridized carbons (Fsp3) is 0.900. The summed E-state index contributed by atoms with van der Waals surface area (Å²) < 4.78 is 5.69. The van der Waals surface area contributed by atoms with E-state index in [1.165, 1.54) is 12.0 Å². The smallest absolute Gasteiger partial charge is 0.138 e. The van der Waals surface area contributed by atoms with Crippen LogP contribution in [-0.4, -0.2) is 39.9 Å². The van der Waals surface area contributed by atoms with E-state index in [1.54, 1.807) is 0 Å². The summed E-state index contributed by atoms with van der Waals surface area (Å²) in [4.78, 5) is 12.9. The number of fused-ring (bicyclic) bond motifs is 5. The van der Waals surface area contributed by atoms with Crippen LogP contribution in [0.2, 0.25) is 0 Å². The second kappa shape index (κ2) is 7.42. The zero-order valence-electron chi connectivity index (χ0n) is 22.8. The number of rotatable bonds is 3. The molecule has 0 aromatic rings. The second-order valence-electron chi connectivity index (χ2n) is 14.7. The summed E-state index contributed by atoms with van der Waals surface area (Å²) in [7, 11) is 0. The summed E-state index contributed by atoms with van der Waals surface area (Å²) in [5.41, 5.74) is 0.976. The number of epoxide rings is 1. The van der Waals surface area contributed by atoms with Crippen molar-refractivity contribution in [2.45, 2.75) is 124 Å². The zero-order valence-corrected chi connectivity index (χ0v) is 22.8. The van der Waals surface area contributed by atoms with Crippen molar-refractivity contribution < 1.29 is 19.7 Å². The average Bonchev–Trinajstić information content (AvgIpc) is 3.23. The van der Waals surface area contributed by atoms with Gasteiger partial charge in [-0.05, 0) is 99.2 Å². The maximum Gasteiger partial charge on any atom is 0.138 e. The first kappa shape index (κ1) is 25.0. The summed E-state index contributed by atoms with van der Waals surface area (Å²) in [6.45, 7) is 18.0. The van der Waals surface area contributed by atoms with Gasteiger partial charge in [0.15, 0.2) is 0 Å². The van der Waals surface area contributed by atoms with Gasteiger partial charge in [-0.15, -0.1) is 0 Å². The van der Waals surface area contributed by atoms with E-state index in [-0.39, 0.29) is 45.4 Å². The predicted molar refractivity (Wildman–Crippen MR) is 134 cm³/mol. The molecule has 5 aliphatic rings. The van der Waals surface area contributed by atoms with Crippen LogP contribution in [0, 0.1) is 45.3 Å². The lowest BCUT2D eigenvalue weighted by Crippen LogP contribution is -2.66. The summed E-state index contributed by atoms with van der Waals surface area (Å²) in [5.74, 6) is 1.84. The van der Waals surface area contributed by atoms with E-state index in [9.17, 15) is 15.0 Å². The molecule has 0 bridgehead atoms. The van der Waals surface area contributed by atoms with Gasteiger partial charge in [0.05, 0.1) is 11.7 Å². The molecule has 1 heterocycles. The third kappa shape index (κ3) is 3.16. The van der Waals surface area contributed by atoms with E-state index in [2.05, 4.69) is 41.5 Å². The number of ketones is 1. The Morgan fingerprint density at radius 2 is 1.65 bits per heavy atom. The molecule has 4 nitrogen and oxygen atoms in total. The Kier molecular flexibility index (Phi) is 5.44. The van der Waals surface area contributed by atoms with E-state index in [0.29, 0.717) is 30.0 Å². The van der Waals surface area contributed by atoms with Crippen molar-refractivity contribution in [3.63, 3.8) is 0 Å². The predicted octanol–water partition coefficient (Wildman–Crippen LogP) is 5.70. The Hall–Kier alpha value is -0.710. The first-order valence-corrected chi connectivity index (χ1v) is 13.9. The Balaban J connectivity index is 1.46. The van der Waals surface area contributed by atoms with Crippen molar-refractivity contribution in [1.82, 2.24) is 0 Å². The molecule has 2 N–H and O–H groups in total. The third-order valence-corrected chi connectivity index (χ3v) is 12.5. The molecule has 1 aliphatic heterocycles. The van der Waals surface area contributed by atoms with Gasteiger partial charge in [-0.2, -0.15) is 0 Å². The van der Waals surface area contributed by atoms with Crippen molar-refractivity contribution in [3.05, 3.63) is 11.6 Å². The van der Waals surface area contributed by atoms with Crippen LogP contribution < -0.4 is 0 Å². The van der Waals surface area contributed by atoms with Crippen LogP contribution in [0.25, 0.3) is 0 Å².